The molecule has 3 aliphatic rings. The molecular weight excluding hydrogens is 491 g/mol. The van der Waals surface area contributed by atoms with Gasteiger partial charge >= 0.3 is 0 Å². The van der Waals surface area contributed by atoms with E-state index in [0.717, 1.165) is 64.6 Å². The van der Waals surface area contributed by atoms with E-state index in [1.165, 1.54) is 25.9 Å². The van der Waals surface area contributed by atoms with Crippen molar-refractivity contribution in [3.05, 3.63) is 0 Å². The minimum atomic E-state index is -0.00511. The Balaban J connectivity index is 0.00000320. The number of nitrogens with one attached hydrogen (secondary N) is 1. The highest BCUT2D eigenvalue weighted by molar-refractivity contribution is 14.0. The van der Waals surface area contributed by atoms with Crippen molar-refractivity contribution < 1.29 is 4.79 Å². The molecule has 1 amide bonds. The number of amides is 1. The number of hydrogen-bond acceptors (Lipinski definition) is 4. The van der Waals surface area contributed by atoms with E-state index < -0.39 is 0 Å². The summed E-state index contributed by atoms with van der Waals surface area (Å²) in [5.74, 6) is 2.03. The van der Waals surface area contributed by atoms with E-state index in [1.807, 2.05) is 11.9 Å². The van der Waals surface area contributed by atoms with Gasteiger partial charge in [0.15, 0.2) is 5.96 Å². The summed E-state index contributed by atoms with van der Waals surface area (Å²) in [6.07, 6.45) is 4.91. The lowest BCUT2D eigenvalue weighted by Gasteiger charge is -2.40. The van der Waals surface area contributed by atoms with Crippen LogP contribution in [-0.4, -0.2) is 110 Å². The van der Waals surface area contributed by atoms with Gasteiger partial charge in [0.05, 0.1) is 6.04 Å². The van der Waals surface area contributed by atoms with Crippen LogP contribution < -0.4 is 5.32 Å². The summed E-state index contributed by atoms with van der Waals surface area (Å²) in [5.41, 5.74) is 0. The number of carbonyl (C=O) groups excluding carboxylic acids is 1. The third-order valence-corrected chi connectivity index (χ3v) is 6.98. The van der Waals surface area contributed by atoms with Crippen molar-refractivity contribution in [1.82, 2.24) is 24.9 Å². The number of likely N-dealkylation sites (tertiary alicyclic amines) is 2. The zero-order chi connectivity index (χ0) is 20.8. The second-order valence-corrected chi connectivity index (χ2v) is 9.26. The Morgan fingerprint density at radius 1 is 0.933 bits per heavy atom. The van der Waals surface area contributed by atoms with Crippen LogP contribution in [0.3, 0.4) is 0 Å². The Morgan fingerprint density at radius 3 is 2.20 bits per heavy atom. The maximum absolute atomic E-state index is 12.7. The summed E-state index contributed by atoms with van der Waals surface area (Å²) in [7, 11) is 1.88. The smallest absolute Gasteiger partial charge is 0.239 e. The maximum Gasteiger partial charge on any atom is 0.239 e. The number of piperidine rings is 1. The lowest BCUT2D eigenvalue weighted by atomic mass is 9.97. The van der Waals surface area contributed by atoms with Gasteiger partial charge in [0, 0.05) is 65.4 Å². The highest BCUT2D eigenvalue weighted by atomic mass is 127. The van der Waals surface area contributed by atoms with Crippen LogP contribution >= 0.6 is 24.0 Å². The zero-order valence-electron chi connectivity index (χ0n) is 19.5. The molecule has 3 rings (SSSR count). The number of carbonyl (C=O) groups is 1. The first-order chi connectivity index (χ1) is 14.0. The molecule has 3 fully saturated rings. The van der Waals surface area contributed by atoms with Gasteiger partial charge in [-0.05, 0) is 58.9 Å². The van der Waals surface area contributed by atoms with Crippen molar-refractivity contribution in [1.29, 1.82) is 0 Å². The van der Waals surface area contributed by atoms with E-state index in [9.17, 15) is 4.79 Å². The second kappa shape index (κ2) is 12.4. The molecule has 8 heteroatoms. The van der Waals surface area contributed by atoms with Gasteiger partial charge < -0.3 is 20.0 Å². The molecule has 3 heterocycles. The molecule has 0 bridgehead atoms. The van der Waals surface area contributed by atoms with E-state index in [2.05, 4.69) is 45.8 Å². The summed E-state index contributed by atoms with van der Waals surface area (Å²) in [6, 6.07) is 0.630. The molecule has 3 aliphatic heterocycles. The molecule has 0 aromatic rings. The SMILES string of the molecule is CN=C(NCC1CCCN(C(C)C)C1)N1CCN(C(C)C(=O)N2CCCC2)CC1.I. The van der Waals surface area contributed by atoms with Crippen molar-refractivity contribution in [3.63, 3.8) is 0 Å². The van der Waals surface area contributed by atoms with Crippen LogP contribution in [0.15, 0.2) is 4.99 Å². The predicted octanol–water partition coefficient (Wildman–Crippen LogP) is 1.93. The van der Waals surface area contributed by atoms with Crippen molar-refractivity contribution >= 4 is 35.8 Å². The number of piperazine rings is 1. The fraction of sp³-hybridized carbons (Fsp3) is 0.909. The molecule has 7 nitrogen and oxygen atoms in total. The van der Waals surface area contributed by atoms with Crippen LogP contribution in [0.1, 0.15) is 46.5 Å². The molecule has 1 N–H and O–H groups in total. The van der Waals surface area contributed by atoms with Crippen molar-refractivity contribution in [2.45, 2.75) is 58.5 Å². The molecule has 0 aromatic heterocycles. The normalized spacial score (nSPS) is 25.4. The van der Waals surface area contributed by atoms with Gasteiger partial charge in [-0.3, -0.25) is 14.7 Å². The third-order valence-electron chi connectivity index (χ3n) is 6.98. The molecule has 2 atom stereocenters. The van der Waals surface area contributed by atoms with Crippen LogP contribution in [0.25, 0.3) is 0 Å². The van der Waals surface area contributed by atoms with Crippen LogP contribution in [0.4, 0.5) is 0 Å². The summed E-state index contributed by atoms with van der Waals surface area (Å²) >= 11 is 0. The van der Waals surface area contributed by atoms with E-state index >= 15 is 0 Å². The lowest BCUT2D eigenvalue weighted by Crippen LogP contribution is -2.57. The summed E-state index contributed by atoms with van der Waals surface area (Å²) < 4.78 is 0. The van der Waals surface area contributed by atoms with Gasteiger partial charge in [-0.25, -0.2) is 0 Å². The monoisotopic (exact) mass is 534 g/mol. The molecule has 30 heavy (non-hydrogen) atoms. The van der Waals surface area contributed by atoms with Gasteiger partial charge in [0.25, 0.3) is 0 Å². The van der Waals surface area contributed by atoms with Gasteiger partial charge in [0.2, 0.25) is 5.91 Å². The lowest BCUT2D eigenvalue weighted by molar-refractivity contribution is -0.135. The van der Waals surface area contributed by atoms with Gasteiger partial charge in [0.1, 0.15) is 0 Å². The van der Waals surface area contributed by atoms with Crippen LogP contribution in [0.2, 0.25) is 0 Å². The van der Waals surface area contributed by atoms with Crippen molar-refractivity contribution in [3.8, 4) is 0 Å². The standard InChI is InChI=1S/C22H42N6O.HI/c1-18(2)28-11-7-8-20(17-28)16-24-22(23-4)27-14-12-25(13-15-27)19(3)21(29)26-9-5-6-10-26;/h18-20H,5-17H2,1-4H3,(H,23,24);1H. The number of aliphatic imine (C=N–C) groups is 1. The summed E-state index contributed by atoms with van der Waals surface area (Å²) in [6.45, 7) is 15.7. The predicted molar refractivity (Wildman–Crippen MR) is 135 cm³/mol. The first-order valence-electron chi connectivity index (χ1n) is 11.7. The second-order valence-electron chi connectivity index (χ2n) is 9.26. The Hall–Kier alpha value is -0.610. The molecule has 2 unspecified atom stereocenters. The Morgan fingerprint density at radius 2 is 1.60 bits per heavy atom. The molecular formula is C22H43IN6O. The van der Waals surface area contributed by atoms with Gasteiger partial charge in [-0.1, -0.05) is 0 Å². The molecule has 0 aliphatic carbocycles. The summed E-state index contributed by atoms with van der Waals surface area (Å²) in [4.78, 5) is 26.6. The number of rotatable bonds is 5. The largest absolute Gasteiger partial charge is 0.356 e. The fourth-order valence-electron chi connectivity index (χ4n) is 4.98. The maximum atomic E-state index is 12.7. The first-order valence-corrected chi connectivity index (χ1v) is 11.7. The minimum absolute atomic E-state index is 0. The van der Waals surface area contributed by atoms with Crippen LogP contribution in [0, 0.1) is 5.92 Å². The van der Waals surface area contributed by atoms with E-state index in [1.54, 1.807) is 0 Å². The highest BCUT2D eigenvalue weighted by Crippen LogP contribution is 2.18. The van der Waals surface area contributed by atoms with Gasteiger partial charge in [-0.2, -0.15) is 0 Å². The van der Waals surface area contributed by atoms with E-state index in [0.29, 0.717) is 17.9 Å². The number of hydrogen-bond donors (Lipinski definition) is 1. The fourth-order valence-corrected chi connectivity index (χ4v) is 4.98. The zero-order valence-corrected chi connectivity index (χ0v) is 21.8. The van der Waals surface area contributed by atoms with Crippen LogP contribution in [-0.2, 0) is 4.79 Å². The van der Waals surface area contributed by atoms with Crippen LogP contribution in [0.5, 0.6) is 0 Å². The number of guanidine groups is 1. The van der Waals surface area contributed by atoms with Gasteiger partial charge in [-0.15, -0.1) is 24.0 Å². The number of halogens is 1. The average Bonchev–Trinajstić information content (AvgIpc) is 3.28. The quantitative estimate of drug-likeness (QED) is 0.332. The topological polar surface area (TPSA) is 54.4 Å². The summed E-state index contributed by atoms with van der Waals surface area (Å²) in [5, 5.41) is 3.64. The molecule has 0 aromatic carbocycles. The Kier molecular flexibility index (Phi) is 10.6. The average molecular weight is 535 g/mol. The Labute approximate surface area is 200 Å². The highest BCUT2D eigenvalue weighted by Gasteiger charge is 2.30. The Bertz CT molecular complexity index is 558. The molecule has 0 spiro atoms. The first kappa shape index (κ1) is 25.6. The molecule has 174 valence electrons. The van der Waals surface area contributed by atoms with E-state index in [4.69, 9.17) is 0 Å². The van der Waals surface area contributed by atoms with E-state index in [-0.39, 0.29) is 30.0 Å². The molecule has 0 saturated carbocycles. The van der Waals surface area contributed by atoms with Crippen molar-refractivity contribution in [2.24, 2.45) is 10.9 Å². The number of nitrogens with zero attached hydrogens (tertiary/aromatic N) is 5. The minimum Gasteiger partial charge on any atom is -0.356 e. The molecule has 0 radical (unpaired) electrons. The third kappa shape index (κ3) is 6.69. The molecule has 3 saturated heterocycles. The van der Waals surface area contributed by atoms with Crippen molar-refractivity contribution in [2.75, 3.05) is 66.0 Å².